The Hall–Kier alpha value is -1.02. The number of hydrogen-bond donors (Lipinski definition) is 1. The van der Waals surface area contributed by atoms with E-state index in [0.29, 0.717) is 12.0 Å². The van der Waals surface area contributed by atoms with Gasteiger partial charge in [0.2, 0.25) is 0 Å². The van der Waals surface area contributed by atoms with Crippen molar-refractivity contribution in [3.05, 3.63) is 29.3 Å². The van der Waals surface area contributed by atoms with E-state index in [1.54, 1.807) is 0 Å². The standard InChI is InChI=1S/C18H29NO/c1-6-14(12-19-18(3,4)5)10-16-11-15-9-13(2)7-8-17(15)20-16/h7-9,14,16,19H,6,10-12H2,1-5H3. The lowest BCUT2D eigenvalue weighted by Gasteiger charge is -2.26. The van der Waals surface area contributed by atoms with E-state index in [2.05, 4.69) is 58.1 Å². The Morgan fingerprint density at radius 3 is 2.75 bits per heavy atom. The van der Waals surface area contributed by atoms with Crippen molar-refractivity contribution in [2.45, 2.75) is 65.5 Å². The van der Waals surface area contributed by atoms with Crippen molar-refractivity contribution >= 4 is 0 Å². The highest BCUT2D eigenvalue weighted by Gasteiger charge is 2.25. The molecule has 0 radical (unpaired) electrons. The lowest BCUT2D eigenvalue weighted by Crippen LogP contribution is -2.40. The molecule has 2 nitrogen and oxygen atoms in total. The zero-order valence-electron chi connectivity index (χ0n) is 13.6. The highest BCUT2D eigenvalue weighted by atomic mass is 16.5. The molecule has 1 aliphatic rings. The highest BCUT2D eigenvalue weighted by Crippen LogP contribution is 2.32. The van der Waals surface area contributed by atoms with Crippen LogP contribution in [0.5, 0.6) is 5.75 Å². The van der Waals surface area contributed by atoms with Crippen LogP contribution in [0.4, 0.5) is 0 Å². The van der Waals surface area contributed by atoms with E-state index >= 15 is 0 Å². The van der Waals surface area contributed by atoms with E-state index in [0.717, 1.165) is 25.1 Å². The summed E-state index contributed by atoms with van der Waals surface area (Å²) in [5.41, 5.74) is 2.91. The summed E-state index contributed by atoms with van der Waals surface area (Å²) in [7, 11) is 0. The molecule has 2 heteroatoms. The fraction of sp³-hybridized carbons (Fsp3) is 0.667. The number of hydrogen-bond acceptors (Lipinski definition) is 2. The number of benzene rings is 1. The molecule has 1 aromatic carbocycles. The first-order chi connectivity index (χ1) is 9.37. The molecule has 2 unspecified atom stereocenters. The Balaban J connectivity index is 1.88. The van der Waals surface area contributed by atoms with Crippen LogP contribution in [0.2, 0.25) is 0 Å². The van der Waals surface area contributed by atoms with E-state index in [1.165, 1.54) is 17.5 Å². The van der Waals surface area contributed by atoms with Crippen molar-refractivity contribution < 1.29 is 4.74 Å². The molecule has 20 heavy (non-hydrogen) atoms. The van der Waals surface area contributed by atoms with Crippen molar-refractivity contribution in [3.63, 3.8) is 0 Å². The molecule has 0 saturated carbocycles. The molecule has 0 spiro atoms. The summed E-state index contributed by atoms with van der Waals surface area (Å²) < 4.78 is 6.10. The van der Waals surface area contributed by atoms with Crippen LogP contribution in [0.15, 0.2) is 18.2 Å². The average molecular weight is 275 g/mol. The fourth-order valence-corrected chi connectivity index (χ4v) is 2.80. The van der Waals surface area contributed by atoms with Gasteiger partial charge in [-0.05, 0) is 58.2 Å². The van der Waals surface area contributed by atoms with Crippen molar-refractivity contribution in [1.82, 2.24) is 5.32 Å². The van der Waals surface area contributed by atoms with Crippen LogP contribution in [0.3, 0.4) is 0 Å². The largest absolute Gasteiger partial charge is 0.490 e. The maximum atomic E-state index is 6.10. The molecular formula is C18H29NO. The molecule has 1 aromatic rings. The van der Waals surface area contributed by atoms with Crippen LogP contribution in [0.1, 0.15) is 51.7 Å². The molecule has 2 rings (SSSR count). The summed E-state index contributed by atoms with van der Waals surface area (Å²) in [4.78, 5) is 0. The third kappa shape index (κ3) is 4.24. The van der Waals surface area contributed by atoms with Gasteiger partial charge in [-0.25, -0.2) is 0 Å². The number of ether oxygens (including phenoxy) is 1. The summed E-state index contributed by atoms with van der Waals surface area (Å²) in [5.74, 6) is 1.79. The van der Waals surface area contributed by atoms with Crippen molar-refractivity contribution in [2.24, 2.45) is 5.92 Å². The topological polar surface area (TPSA) is 21.3 Å². The second-order valence-corrected chi connectivity index (χ2v) is 7.20. The Labute approximate surface area is 123 Å². The predicted molar refractivity (Wildman–Crippen MR) is 85.5 cm³/mol. The number of fused-ring (bicyclic) bond motifs is 1. The van der Waals surface area contributed by atoms with Gasteiger partial charge < -0.3 is 10.1 Å². The number of nitrogens with one attached hydrogen (secondary N) is 1. The molecule has 0 amide bonds. The molecule has 1 heterocycles. The maximum absolute atomic E-state index is 6.10. The minimum Gasteiger partial charge on any atom is -0.490 e. The molecule has 1 N–H and O–H groups in total. The lowest BCUT2D eigenvalue weighted by atomic mass is 9.95. The third-order valence-corrected chi connectivity index (χ3v) is 4.05. The summed E-state index contributed by atoms with van der Waals surface area (Å²) in [6.45, 7) is 12.2. The number of aryl methyl sites for hydroxylation is 1. The summed E-state index contributed by atoms with van der Waals surface area (Å²) in [5, 5.41) is 3.62. The van der Waals surface area contributed by atoms with E-state index in [4.69, 9.17) is 4.74 Å². The van der Waals surface area contributed by atoms with Crippen molar-refractivity contribution in [3.8, 4) is 5.75 Å². The SMILES string of the molecule is CCC(CNC(C)(C)C)CC1Cc2cc(C)ccc2O1. The minimum atomic E-state index is 0.198. The van der Waals surface area contributed by atoms with Crippen LogP contribution in [-0.4, -0.2) is 18.2 Å². The second kappa shape index (κ2) is 6.17. The first-order valence-electron chi connectivity index (χ1n) is 7.88. The van der Waals surface area contributed by atoms with Gasteiger partial charge in [0.15, 0.2) is 0 Å². The van der Waals surface area contributed by atoms with Crippen molar-refractivity contribution in [2.75, 3.05) is 6.54 Å². The molecule has 0 aromatic heterocycles. The van der Waals surface area contributed by atoms with Crippen LogP contribution >= 0.6 is 0 Å². The van der Waals surface area contributed by atoms with Gasteiger partial charge in [-0.3, -0.25) is 0 Å². The molecule has 0 saturated heterocycles. The maximum Gasteiger partial charge on any atom is 0.123 e. The normalized spacial score (nSPS) is 19.6. The highest BCUT2D eigenvalue weighted by molar-refractivity contribution is 5.40. The van der Waals surface area contributed by atoms with Crippen LogP contribution in [0, 0.1) is 12.8 Å². The molecule has 0 fully saturated rings. The third-order valence-electron chi connectivity index (χ3n) is 4.05. The zero-order valence-corrected chi connectivity index (χ0v) is 13.6. The first kappa shape index (κ1) is 15.4. The van der Waals surface area contributed by atoms with E-state index in [1.807, 2.05) is 0 Å². The Kier molecular flexibility index (Phi) is 4.74. The summed E-state index contributed by atoms with van der Waals surface area (Å²) in [6.07, 6.45) is 3.78. The average Bonchev–Trinajstić information content (AvgIpc) is 2.74. The second-order valence-electron chi connectivity index (χ2n) is 7.20. The lowest BCUT2D eigenvalue weighted by molar-refractivity contribution is 0.185. The molecule has 0 aliphatic carbocycles. The van der Waals surface area contributed by atoms with Gasteiger partial charge in [-0.15, -0.1) is 0 Å². The fourth-order valence-electron chi connectivity index (χ4n) is 2.80. The van der Waals surface area contributed by atoms with E-state index < -0.39 is 0 Å². The molecule has 0 bridgehead atoms. The zero-order chi connectivity index (χ0) is 14.8. The molecule has 1 aliphatic heterocycles. The van der Waals surface area contributed by atoms with Gasteiger partial charge in [0.1, 0.15) is 11.9 Å². The molecule has 112 valence electrons. The predicted octanol–water partition coefficient (Wildman–Crippen LogP) is 4.10. The Morgan fingerprint density at radius 2 is 2.10 bits per heavy atom. The molecular weight excluding hydrogens is 246 g/mol. The Morgan fingerprint density at radius 1 is 1.35 bits per heavy atom. The summed E-state index contributed by atoms with van der Waals surface area (Å²) in [6, 6.07) is 6.53. The van der Waals surface area contributed by atoms with E-state index in [-0.39, 0.29) is 5.54 Å². The molecule has 2 atom stereocenters. The minimum absolute atomic E-state index is 0.198. The van der Waals surface area contributed by atoms with Gasteiger partial charge in [0, 0.05) is 12.0 Å². The monoisotopic (exact) mass is 275 g/mol. The quantitative estimate of drug-likeness (QED) is 0.873. The van der Waals surface area contributed by atoms with Crippen LogP contribution in [-0.2, 0) is 6.42 Å². The van der Waals surface area contributed by atoms with Crippen molar-refractivity contribution in [1.29, 1.82) is 0 Å². The van der Waals surface area contributed by atoms with E-state index in [9.17, 15) is 0 Å². The smallest absolute Gasteiger partial charge is 0.123 e. The van der Waals surface area contributed by atoms with Crippen LogP contribution in [0.25, 0.3) is 0 Å². The first-order valence-corrected chi connectivity index (χ1v) is 7.88. The van der Waals surface area contributed by atoms with Gasteiger partial charge in [0.05, 0.1) is 0 Å². The van der Waals surface area contributed by atoms with Gasteiger partial charge in [-0.1, -0.05) is 31.0 Å². The van der Waals surface area contributed by atoms with Crippen LogP contribution < -0.4 is 10.1 Å². The Bertz CT molecular complexity index is 447. The van der Waals surface area contributed by atoms with Gasteiger partial charge in [0.25, 0.3) is 0 Å². The summed E-state index contributed by atoms with van der Waals surface area (Å²) >= 11 is 0. The van der Waals surface area contributed by atoms with Gasteiger partial charge in [-0.2, -0.15) is 0 Å². The van der Waals surface area contributed by atoms with Gasteiger partial charge >= 0.3 is 0 Å². The number of rotatable bonds is 5.